The van der Waals surface area contributed by atoms with Crippen LogP contribution in [0, 0.1) is 12.8 Å². The first kappa shape index (κ1) is 17.3. The molecule has 3 heterocycles. The number of nitrogens with zero attached hydrogens (tertiary/aromatic N) is 5. The van der Waals surface area contributed by atoms with Gasteiger partial charge < -0.3 is 15.5 Å². The van der Waals surface area contributed by atoms with Gasteiger partial charge in [-0.3, -0.25) is 4.79 Å². The quantitative estimate of drug-likeness (QED) is 0.662. The molecule has 0 spiro atoms. The summed E-state index contributed by atoms with van der Waals surface area (Å²) in [6.45, 7) is 3.79. The third kappa shape index (κ3) is 3.55. The topological polar surface area (TPSA) is 87.5 Å². The van der Waals surface area contributed by atoms with E-state index in [1.807, 2.05) is 32.2 Å². The molecule has 27 heavy (non-hydrogen) atoms. The van der Waals surface area contributed by atoms with Gasteiger partial charge in [-0.2, -0.15) is 14.6 Å². The summed E-state index contributed by atoms with van der Waals surface area (Å²) < 4.78 is 1.65. The summed E-state index contributed by atoms with van der Waals surface area (Å²) in [4.78, 5) is 23.2. The van der Waals surface area contributed by atoms with Crippen LogP contribution in [0.2, 0.25) is 0 Å². The molecule has 0 radical (unpaired) electrons. The Bertz CT molecular complexity index is 968. The van der Waals surface area contributed by atoms with Crippen LogP contribution < -0.4 is 15.5 Å². The lowest BCUT2D eigenvalue weighted by molar-refractivity contribution is -0.124. The van der Waals surface area contributed by atoms with E-state index in [4.69, 9.17) is 0 Å². The minimum Gasteiger partial charge on any atom is -0.374 e. The summed E-state index contributed by atoms with van der Waals surface area (Å²) in [7, 11) is 2.04. The zero-order valence-corrected chi connectivity index (χ0v) is 15.5. The maximum Gasteiger partial charge on any atom is 0.254 e. The molecule has 1 unspecified atom stereocenters. The van der Waals surface area contributed by atoms with Gasteiger partial charge in [-0.1, -0.05) is 18.2 Å². The van der Waals surface area contributed by atoms with Gasteiger partial charge in [0.2, 0.25) is 5.91 Å². The minimum atomic E-state index is -0.0323. The van der Waals surface area contributed by atoms with Crippen molar-refractivity contribution >= 4 is 23.2 Å². The molecule has 8 heteroatoms. The van der Waals surface area contributed by atoms with Crippen molar-refractivity contribution in [3.63, 3.8) is 0 Å². The van der Waals surface area contributed by atoms with Crippen LogP contribution in [0.3, 0.4) is 0 Å². The molecule has 4 rings (SSSR count). The Labute approximate surface area is 157 Å². The fourth-order valence-corrected chi connectivity index (χ4v) is 3.57. The smallest absolute Gasteiger partial charge is 0.254 e. The van der Waals surface area contributed by atoms with Crippen molar-refractivity contribution in [2.24, 2.45) is 5.92 Å². The van der Waals surface area contributed by atoms with Crippen LogP contribution in [0.4, 0.5) is 11.5 Å². The number of carbonyl (C=O) groups is 1. The lowest BCUT2D eigenvalue weighted by Gasteiger charge is -2.32. The van der Waals surface area contributed by atoms with Crippen LogP contribution in [0.25, 0.3) is 5.78 Å². The Balaban J connectivity index is 1.32. The third-order valence-corrected chi connectivity index (χ3v) is 4.84. The highest BCUT2D eigenvalue weighted by Crippen LogP contribution is 2.28. The van der Waals surface area contributed by atoms with Crippen molar-refractivity contribution in [1.29, 1.82) is 0 Å². The fraction of sp³-hybridized carbons (Fsp3) is 0.368. The Hall–Kier alpha value is -3.16. The Morgan fingerprint density at radius 3 is 3.04 bits per heavy atom. The molecule has 0 saturated carbocycles. The average Bonchev–Trinajstić information content (AvgIpc) is 3.13. The molecular formula is C19H23N7O. The highest BCUT2D eigenvalue weighted by Gasteiger charge is 2.26. The number of benzene rings is 1. The first-order valence-corrected chi connectivity index (χ1v) is 9.10. The van der Waals surface area contributed by atoms with Crippen molar-refractivity contribution in [2.75, 3.05) is 36.9 Å². The molecule has 1 aliphatic rings. The molecule has 0 saturated heterocycles. The van der Waals surface area contributed by atoms with Gasteiger partial charge in [0.1, 0.15) is 12.1 Å². The number of para-hydroxylation sites is 1. The van der Waals surface area contributed by atoms with Crippen LogP contribution in [-0.2, 0) is 11.2 Å². The number of aryl methyl sites for hydroxylation is 1. The summed E-state index contributed by atoms with van der Waals surface area (Å²) in [5.74, 6) is 1.44. The van der Waals surface area contributed by atoms with Gasteiger partial charge >= 0.3 is 0 Å². The van der Waals surface area contributed by atoms with Crippen LogP contribution in [0.5, 0.6) is 0 Å². The molecule has 0 fully saturated rings. The van der Waals surface area contributed by atoms with Gasteiger partial charge in [-0.25, -0.2) is 4.98 Å². The summed E-state index contributed by atoms with van der Waals surface area (Å²) >= 11 is 0. The number of hydrogen-bond acceptors (Lipinski definition) is 6. The van der Waals surface area contributed by atoms with Crippen LogP contribution in [0.15, 0.2) is 36.7 Å². The van der Waals surface area contributed by atoms with E-state index in [0.29, 0.717) is 18.9 Å². The summed E-state index contributed by atoms with van der Waals surface area (Å²) in [5.41, 5.74) is 3.31. The number of rotatable bonds is 5. The molecular weight excluding hydrogens is 342 g/mol. The molecule has 1 amide bonds. The highest BCUT2D eigenvalue weighted by atomic mass is 16.1. The molecule has 8 nitrogen and oxygen atoms in total. The first-order valence-electron chi connectivity index (χ1n) is 9.10. The van der Waals surface area contributed by atoms with Gasteiger partial charge in [0.15, 0.2) is 0 Å². The standard InChI is InChI=1S/C19H23N7O/c1-13-9-17(26-19(24-13)22-12-23-26)20-7-8-21-18(27)15-10-14-5-3-4-6-16(14)25(2)11-15/h3-6,9,12,15,20H,7-8,10-11H2,1-2H3,(H,21,27). The molecule has 1 aromatic carbocycles. The first-order chi connectivity index (χ1) is 13.1. The van der Waals surface area contributed by atoms with Crippen molar-refractivity contribution < 1.29 is 4.79 Å². The van der Waals surface area contributed by atoms with E-state index in [2.05, 4.69) is 42.7 Å². The SMILES string of the molecule is Cc1cc(NCCNC(=O)C2Cc3ccccc3N(C)C2)n2ncnc2n1. The molecule has 3 aromatic rings. The van der Waals surface area contributed by atoms with Crippen molar-refractivity contribution in [3.05, 3.63) is 47.9 Å². The largest absolute Gasteiger partial charge is 0.374 e. The average molecular weight is 365 g/mol. The third-order valence-electron chi connectivity index (χ3n) is 4.84. The van der Waals surface area contributed by atoms with Gasteiger partial charge in [-0.05, 0) is 25.0 Å². The minimum absolute atomic E-state index is 0.0323. The molecule has 1 aliphatic heterocycles. The molecule has 140 valence electrons. The molecule has 2 N–H and O–H groups in total. The lowest BCUT2D eigenvalue weighted by atomic mass is 9.92. The zero-order valence-electron chi connectivity index (χ0n) is 15.5. The predicted octanol–water partition coefficient (Wildman–Crippen LogP) is 1.27. The van der Waals surface area contributed by atoms with Gasteiger partial charge in [0.25, 0.3) is 5.78 Å². The van der Waals surface area contributed by atoms with E-state index in [9.17, 15) is 4.79 Å². The van der Waals surface area contributed by atoms with E-state index in [-0.39, 0.29) is 11.8 Å². The number of fused-ring (bicyclic) bond motifs is 2. The van der Waals surface area contributed by atoms with E-state index in [0.717, 1.165) is 24.5 Å². The summed E-state index contributed by atoms with van der Waals surface area (Å²) in [5, 5.41) is 10.5. The van der Waals surface area contributed by atoms with Gasteiger partial charge in [-0.15, -0.1) is 0 Å². The molecule has 1 atom stereocenters. The highest BCUT2D eigenvalue weighted by molar-refractivity contribution is 5.81. The van der Waals surface area contributed by atoms with Crippen LogP contribution in [-0.4, -0.2) is 52.2 Å². The second-order valence-corrected chi connectivity index (χ2v) is 6.88. The Morgan fingerprint density at radius 2 is 2.15 bits per heavy atom. The van der Waals surface area contributed by atoms with Crippen LogP contribution >= 0.6 is 0 Å². The Kier molecular flexibility index (Phi) is 4.62. The Morgan fingerprint density at radius 1 is 1.30 bits per heavy atom. The number of hydrogen-bond donors (Lipinski definition) is 2. The van der Waals surface area contributed by atoms with Gasteiger partial charge in [0.05, 0.1) is 5.92 Å². The predicted molar refractivity (Wildman–Crippen MR) is 104 cm³/mol. The summed E-state index contributed by atoms with van der Waals surface area (Å²) in [6, 6.07) is 10.2. The molecule has 0 aliphatic carbocycles. The fourth-order valence-electron chi connectivity index (χ4n) is 3.57. The molecule has 2 aromatic heterocycles. The maximum absolute atomic E-state index is 12.6. The monoisotopic (exact) mass is 365 g/mol. The number of nitrogens with one attached hydrogen (secondary N) is 2. The number of carbonyl (C=O) groups excluding carboxylic acids is 1. The van der Waals surface area contributed by atoms with Crippen molar-refractivity contribution in [2.45, 2.75) is 13.3 Å². The molecule has 0 bridgehead atoms. The number of aromatic nitrogens is 4. The zero-order chi connectivity index (χ0) is 18.8. The number of anilines is 2. The van der Waals surface area contributed by atoms with E-state index >= 15 is 0 Å². The van der Waals surface area contributed by atoms with Crippen molar-refractivity contribution in [1.82, 2.24) is 24.9 Å². The van der Waals surface area contributed by atoms with Gasteiger partial charge in [0, 0.05) is 44.1 Å². The second-order valence-electron chi connectivity index (χ2n) is 6.88. The second kappa shape index (κ2) is 7.22. The number of amides is 1. The van der Waals surface area contributed by atoms with E-state index in [1.54, 1.807) is 4.52 Å². The van der Waals surface area contributed by atoms with E-state index in [1.165, 1.54) is 17.6 Å². The van der Waals surface area contributed by atoms with Crippen LogP contribution in [0.1, 0.15) is 11.3 Å². The maximum atomic E-state index is 12.6. The lowest BCUT2D eigenvalue weighted by Crippen LogP contribution is -2.43. The van der Waals surface area contributed by atoms with E-state index < -0.39 is 0 Å². The van der Waals surface area contributed by atoms with Crippen molar-refractivity contribution in [3.8, 4) is 0 Å². The normalized spacial score (nSPS) is 16.2. The summed E-state index contributed by atoms with van der Waals surface area (Å²) in [6.07, 6.45) is 2.26.